The molecule has 0 aromatic heterocycles. The Morgan fingerprint density at radius 1 is 0.667 bits per heavy atom. The lowest BCUT2D eigenvalue weighted by molar-refractivity contribution is 1.04. The minimum atomic E-state index is 0.953. The first-order chi connectivity index (χ1) is 5.70. The lowest BCUT2D eigenvalue weighted by Gasteiger charge is -2.09. The molecule has 12 heavy (non-hydrogen) atoms. The van der Waals surface area contributed by atoms with Crippen LogP contribution in [0.15, 0.2) is 0 Å². The highest BCUT2D eigenvalue weighted by Crippen LogP contribution is 2.11. The highest BCUT2D eigenvalue weighted by atomic mass is 13.8. The maximum atomic E-state index is 2.39. The Bertz CT molecular complexity index is 81.8. The molecule has 0 N–H and O–H groups in total. The second kappa shape index (κ2) is 7.76. The van der Waals surface area contributed by atoms with Gasteiger partial charge in [-0.3, -0.25) is 0 Å². The lowest BCUT2D eigenvalue weighted by atomic mass is 9.37. The molecule has 0 saturated heterocycles. The van der Waals surface area contributed by atoms with Crippen molar-refractivity contribution in [3.63, 3.8) is 0 Å². The topological polar surface area (TPSA) is 0 Å². The molecule has 0 saturated carbocycles. The van der Waals surface area contributed by atoms with Gasteiger partial charge >= 0.3 is 0 Å². The van der Waals surface area contributed by atoms with E-state index in [2.05, 4.69) is 27.5 Å². The van der Waals surface area contributed by atoms with Gasteiger partial charge in [-0.25, -0.2) is 0 Å². The van der Waals surface area contributed by atoms with Gasteiger partial charge in [0.2, 0.25) is 0 Å². The Morgan fingerprint density at radius 2 is 1.00 bits per heavy atom. The molecule has 0 radical (unpaired) electrons. The predicted molar refractivity (Wildman–Crippen MR) is 63.0 cm³/mol. The van der Waals surface area contributed by atoms with Gasteiger partial charge in [0, 0.05) is 0 Å². The van der Waals surface area contributed by atoms with Gasteiger partial charge in [-0.15, -0.1) is 0 Å². The summed E-state index contributed by atoms with van der Waals surface area (Å²) in [6.45, 7) is 11.3. The van der Waals surface area contributed by atoms with Crippen molar-refractivity contribution in [3.05, 3.63) is 0 Å². The molecular formula is C10H24B2. The average Bonchev–Trinajstić information content (AvgIpc) is 2.02. The Balaban J connectivity index is 3.27. The summed E-state index contributed by atoms with van der Waals surface area (Å²) in [5.74, 6) is 0. The van der Waals surface area contributed by atoms with E-state index in [-0.39, 0.29) is 0 Å². The van der Waals surface area contributed by atoms with Gasteiger partial charge in [0.25, 0.3) is 0 Å². The Kier molecular flexibility index (Phi) is 7.85. The van der Waals surface area contributed by atoms with Crippen LogP contribution in [-0.4, -0.2) is 13.4 Å². The second-order valence-electron chi connectivity index (χ2n) is 4.37. The van der Waals surface area contributed by atoms with Crippen LogP contribution in [0.3, 0.4) is 0 Å². The molecule has 0 aliphatic rings. The van der Waals surface area contributed by atoms with Crippen LogP contribution in [0.4, 0.5) is 0 Å². The molecule has 0 aromatic carbocycles. The van der Waals surface area contributed by atoms with Crippen LogP contribution in [-0.2, 0) is 0 Å². The van der Waals surface area contributed by atoms with Crippen LogP contribution < -0.4 is 0 Å². The molecule has 0 bridgehead atoms. The molecule has 0 nitrogen and oxygen atoms in total. The third-order valence-corrected chi connectivity index (χ3v) is 2.72. The van der Waals surface area contributed by atoms with Gasteiger partial charge in [-0.1, -0.05) is 65.6 Å². The normalized spacial score (nSPS) is 10.0. The van der Waals surface area contributed by atoms with Crippen molar-refractivity contribution in [1.82, 2.24) is 0 Å². The van der Waals surface area contributed by atoms with Crippen molar-refractivity contribution in [2.24, 2.45) is 0 Å². The van der Waals surface area contributed by atoms with Crippen LogP contribution in [0, 0.1) is 0 Å². The number of hydrogen-bond acceptors (Lipinski definition) is 0. The number of rotatable bonds is 7. The fraction of sp³-hybridized carbons (Fsp3) is 1.00. The molecule has 2 heteroatoms. The first kappa shape index (κ1) is 12.1. The van der Waals surface area contributed by atoms with E-state index in [1.165, 1.54) is 38.1 Å². The average molecular weight is 166 g/mol. The Labute approximate surface area is 79.7 Å². The molecular weight excluding hydrogens is 142 g/mol. The lowest BCUT2D eigenvalue weighted by Crippen LogP contribution is -2.12. The van der Waals surface area contributed by atoms with E-state index in [0.29, 0.717) is 0 Å². The Morgan fingerprint density at radius 3 is 1.25 bits per heavy atom. The van der Waals surface area contributed by atoms with Crippen LogP contribution in [0.1, 0.15) is 26.7 Å². The summed E-state index contributed by atoms with van der Waals surface area (Å²) in [5.41, 5.74) is 0. The van der Waals surface area contributed by atoms with E-state index in [1.54, 1.807) is 0 Å². The molecule has 0 rings (SSSR count). The molecule has 0 atom stereocenters. The largest absolute Gasteiger partial charge is 0.135 e. The van der Waals surface area contributed by atoms with Gasteiger partial charge in [-0.2, -0.15) is 0 Å². The molecule has 70 valence electrons. The summed E-state index contributed by atoms with van der Waals surface area (Å²) in [6, 6.07) is 0. The van der Waals surface area contributed by atoms with Gasteiger partial charge < -0.3 is 0 Å². The van der Waals surface area contributed by atoms with E-state index >= 15 is 0 Å². The standard InChI is InChI=1S/C10H24B2/c1-5-7-11(3)9-10-12(4)8-6-2/h5-10H2,1-4H3. The zero-order valence-electron chi connectivity index (χ0n) is 9.40. The molecule has 0 spiro atoms. The molecule has 0 fully saturated rings. The minimum Gasteiger partial charge on any atom is -0.0861 e. The zero-order valence-corrected chi connectivity index (χ0v) is 9.40. The third kappa shape index (κ3) is 6.82. The Hall–Kier alpha value is 0.130. The fourth-order valence-corrected chi connectivity index (χ4v) is 1.84. The predicted octanol–water partition coefficient (Wildman–Crippen LogP) is 4.06. The molecule has 0 aliphatic heterocycles. The minimum absolute atomic E-state index is 0.953. The van der Waals surface area contributed by atoms with Crippen molar-refractivity contribution < 1.29 is 0 Å². The fourth-order valence-electron chi connectivity index (χ4n) is 1.84. The summed E-state index contributed by atoms with van der Waals surface area (Å²) in [4.78, 5) is 0. The third-order valence-electron chi connectivity index (χ3n) is 2.72. The highest BCUT2D eigenvalue weighted by Gasteiger charge is 2.09. The monoisotopic (exact) mass is 166 g/mol. The molecule has 0 heterocycles. The van der Waals surface area contributed by atoms with Gasteiger partial charge in [-0.05, 0) is 0 Å². The molecule has 0 aliphatic carbocycles. The van der Waals surface area contributed by atoms with E-state index in [9.17, 15) is 0 Å². The second-order valence-corrected chi connectivity index (χ2v) is 4.37. The van der Waals surface area contributed by atoms with E-state index in [4.69, 9.17) is 0 Å². The van der Waals surface area contributed by atoms with E-state index < -0.39 is 0 Å². The molecule has 0 aromatic rings. The van der Waals surface area contributed by atoms with Gasteiger partial charge in [0.1, 0.15) is 13.4 Å². The van der Waals surface area contributed by atoms with Crippen LogP contribution in [0.25, 0.3) is 0 Å². The van der Waals surface area contributed by atoms with Crippen molar-refractivity contribution in [3.8, 4) is 0 Å². The first-order valence-corrected chi connectivity index (χ1v) is 5.70. The summed E-state index contributed by atoms with van der Waals surface area (Å²) in [5, 5.41) is 0. The maximum Gasteiger partial charge on any atom is 0.135 e. The first-order valence-electron chi connectivity index (χ1n) is 5.70. The summed E-state index contributed by atoms with van der Waals surface area (Å²) < 4.78 is 0. The van der Waals surface area contributed by atoms with Crippen molar-refractivity contribution in [2.45, 2.75) is 65.6 Å². The smallest absolute Gasteiger partial charge is 0.0861 e. The van der Waals surface area contributed by atoms with Crippen molar-refractivity contribution in [2.75, 3.05) is 0 Å². The van der Waals surface area contributed by atoms with Crippen LogP contribution in [0.2, 0.25) is 38.9 Å². The molecule has 0 amide bonds. The summed E-state index contributed by atoms with van der Waals surface area (Å²) >= 11 is 0. The summed E-state index contributed by atoms with van der Waals surface area (Å²) in [6.07, 6.45) is 8.41. The quantitative estimate of drug-likeness (QED) is 0.500. The van der Waals surface area contributed by atoms with Crippen LogP contribution in [0.5, 0.6) is 0 Å². The number of hydrogen-bond donors (Lipinski definition) is 0. The summed E-state index contributed by atoms with van der Waals surface area (Å²) in [7, 11) is 0. The highest BCUT2D eigenvalue weighted by molar-refractivity contribution is 6.63. The van der Waals surface area contributed by atoms with Gasteiger partial charge in [0.15, 0.2) is 0 Å². The van der Waals surface area contributed by atoms with Gasteiger partial charge in [0.05, 0.1) is 0 Å². The van der Waals surface area contributed by atoms with E-state index in [1.807, 2.05) is 0 Å². The van der Waals surface area contributed by atoms with Crippen molar-refractivity contribution in [1.29, 1.82) is 0 Å². The maximum absolute atomic E-state index is 2.39. The zero-order chi connectivity index (χ0) is 9.40. The van der Waals surface area contributed by atoms with Crippen molar-refractivity contribution >= 4 is 13.4 Å². The van der Waals surface area contributed by atoms with Crippen LogP contribution >= 0.6 is 0 Å². The van der Waals surface area contributed by atoms with E-state index in [0.717, 1.165) is 13.4 Å². The SMILES string of the molecule is CCCB(C)CCB(C)CCC. The molecule has 0 unspecified atom stereocenters.